The summed E-state index contributed by atoms with van der Waals surface area (Å²) in [7, 11) is 0. The fourth-order valence-corrected chi connectivity index (χ4v) is 4.85. The van der Waals surface area contributed by atoms with Gasteiger partial charge in [0.1, 0.15) is 0 Å². The summed E-state index contributed by atoms with van der Waals surface area (Å²) in [6, 6.07) is 14.3. The van der Waals surface area contributed by atoms with Crippen LogP contribution in [0.25, 0.3) is 29.1 Å². The van der Waals surface area contributed by atoms with Crippen molar-refractivity contribution in [2.75, 3.05) is 19.6 Å². The van der Waals surface area contributed by atoms with Gasteiger partial charge in [-0.15, -0.1) is 0 Å². The summed E-state index contributed by atoms with van der Waals surface area (Å²) in [5.74, 6) is -3.16. The van der Waals surface area contributed by atoms with Crippen molar-refractivity contribution in [3.05, 3.63) is 76.5 Å². The lowest BCUT2D eigenvalue weighted by Crippen LogP contribution is -2.35. The van der Waals surface area contributed by atoms with E-state index in [-0.39, 0.29) is 18.5 Å². The molecule has 198 valence electrons. The van der Waals surface area contributed by atoms with Gasteiger partial charge in [-0.1, -0.05) is 55.0 Å². The number of hydroxylamine groups is 2. The van der Waals surface area contributed by atoms with Crippen LogP contribution in [0.5, 0.6) is 0 Å². The van der Waals surface area contributed by atoms with Crippen LogP contribution in [0, 0.1) is 0 Å². The number of fused-ring (bicyclic) bond motifs is 1. The molecule has 0 spiro atoms. The van der Waals surface area contributed by atoms with Crippen LogP contribution in [0.1, 0.15) is 47.9 Å². The van der Waals surface area contributed by atoms with E-state index in [2.05, 4.69) is 45.1 Å². The molecule has 2 aliphatic heterocycles. The highest BCUT2D eigenvalue weighted by Gasteiger charge is 2.44. The Kier molecular flexibility index (Phi) is 7.37. The van der Waals surface area contributed by atoms with E-state index in [1.165, 1.54) is 37.9 Å². The summed E-state index contributed by atoms with van der Waals surface area (Å²) in [5.41, 5.74) is 5.29. The fraction of sp³-hybridized carbons (Fsp3) is 0.310. The number of alkyl halides is 3. The molecule has 0 bridgehead atoms. The molecule has 1 amide bonds. The van der Waals surface area contributed by atoms with Crippen LogP contribution in [0.3, 0.4) is 0 Å². The second-order valence-electron chi connectivity index (χ2n) is 9.66. The number of nitrogens with one attached hydrogen (secondary N) is 1. The molecule has 6 nitrogen and oxygen atoms in total. The third kappa shape index (κ3) is 5.99. The molecular weight excluding hydrogens is 495 g/mol. The van der Waals surface area contributed by atoms with Gasteiger partial charge in [-0.05, 0) is 66.7 Å². The van der Waals surface area contributed by atoms with Crippen molar-refractivity contribution < 1.29 is 27.6 Å². The predicted octanol–water partition coefficient (Wildman–Crippen LogP) is 5.96. The van der Waals surface area contributed by atoms with Crippen LogP contribution in [-0.4, -0.2) is 52.6 Å². The third-order valence-corrected chi connectivity index (χ3v) is 6.88. The Labute approximate surface area is 218 Å². The second-order valence-corrected chi connectivity index (χ2v) is 9.66. The maximum Gasteiger partial charge on any atom is 0.493 e. The quantitative estimate of drug-likeness (QED) is 0.405. The molecule has 0 radical (unpaired) electrons. The lowest BCUT2D eigenvalue weighted by atomic mass is 10.1. The highest BCUT2D eigenvalue weighted by atomic mass is 19.4. The van der Waals surface area contributed by atoms with Gasteiger partial charge in [0.25, 0.3) is 5.91 Å². The Bertz CT molecular complexity index is 1380. The van der Waals surface area contributed by atoms with Crippen LogP contribution < -0.4 is 0 Å². The van der Waals surface area contributed by atoms with Gasteiger partial charge in [-0.25, -0.2) is 4.79 Å². The maximum absolute atomic E-state index is 12.4. The first-order valence-corrected chi connectivity index (χ1v) is 12.7. The first-order chi connectivity index (χ1) is 18.3. The number of halogens is 3. The van der Waals surface area contributed by atoms with Gasteiger partial charge in [0, 0.05) is 29.2 Å². The van der Waals surface area contributed by atoms with E-state index >= 15 is 0 Å². The molecule has 1 aromatic heterocycles. The van der Waals surface area contributed by atoms with E-state index in [1.807, 2.05) is 30.5 Å². The number of rotatable bonds is 6. The van der Waals surface area contributed by atoms with Gasteiger partial charge >= 0.3 is 12.1 Å². The van der Waals surface area contributed by atoms with E-state index in [9.17, 15) is 22.8 Å². The molecule has 0 aliphatic carbocycles. The number of benzene rings is 2. The SMILES string of the molecule is O=C1/C(=C/c2ccc3c(/C=C/c4ccc(CN5CCCCC5)cc4)c[nH]c3c2)CCN1OC(=O)C(F)(F)F. The van der Waals surface area contributed by atoms with Gasteiger partial charge in [0.15, 0.2) is 0 Å². The van der Waals surface area contributed by atoms with Gasteiger partial charge in [0.2, 0.25) is 0 Å². The maximum atomic E-state index is 12.4. The fourth-order valence-electron chi connectivity index (χ4n) is 4.85. The van der Waals surface area contributed by atoms with Crippen molar-refractivity contribution in [1.82, 2.24) is 14.9 Å². The van der Waals surface area contributed by atoms with E-state index in [1.54, 1.807) is 6.08 Å². The molecule has 0 atom stereocenters. The Morgan fingerprint density at radius 2 is 1.71 bits per heavy atom. The Hall–Kier alpha value is -3.85. The second kappa shape index (κ2) is 10.9. The van der Waals surface area contributed by atoms with Gasteiger partial charge in [-0.3, -0.25) is 9.69 Å². The molecule has 1 N–H and O–H groups in total. The first kappa shape index (κ1) is 25.8. The van der Waals surface area contributed by atoms with E-state index in [4.69, 9.17) is 0 Å². The van der Waals surface area contributed by atoms with E-state index in [0.717, 1.165) is 28.6 Å². The molecule has 0 saturated carbocycles. The zero-order chi connectivity index (χ0) is 26.7. The van der Waals surface area contributed by atoms with Crippen LogP contribution in [0.15, 0.2) is 54.2 Å². The molecule has 2 aromatic carbocycles. The van der Waals surface area contributed by atoms with Crippen LogP contribution >= 0.6 is 0 Å². The summed E-state index contributed by atoms with van der Waals surface area (Å²) < 4.78 is 37.3. The third-order valence-electron chi connectivity index (χ3n) is 6.88. The number of amides is 1. The van der Waals surface area contributed by atoms with Crippen LogP contribution in [-0.2, 0) is 21.0 Å². The zero-order valence-electron chi connectivity index (χ0n) is 20.8. The van der Waals surface area contributed by atoms with E-state index in [0.29, 0.717) is 10.6 Å². The molecule has 5 rings (SSSR count). The Morgan fingerprint density at radius 1 is 0.974 bits per heavy atom. The standard InChI is InChI=1S/C29H28F3N3O3/c30-29(31,32)28(37)38-35-15-12-23(27(35)36)16-22-9-11-25-24(18-33-26(25)17-22)10-8-20-4-6-21(7-5-20)19-34-13-2-1-3-14-34/h4-11,16-18,33H,1-3,12-15,19H2/b10-8+,23-16+. The topological polar surface area (TPSA) is 65.6 Å². The number of carbonyl (C=O) groups excluding carboxylic acids is 2. The Balaban J connectivity index is 1.23. The number of hydrogen-bond donors (Lipinski definition) is 1. The summed E-state index contributed by atoms with van der Waals surface area (Å²) in [6.45, 7) is 3.22. The van der Waals surface area contributed by atoms with Crippen molar-refractivity contribution in [2.45, 2.75) is 38.4 Å². The smallest absolute Gasteiger partial charge is 0.361 e. The predicted molar refractivity (Wildman–Crippen MR) is 139 cm³/mol. The van der Waals surface area contributed by atoms with Gasteiger partial charge in [0.05, 0.1) is 6.54 Å². The van der Waals surface area contributed by atoms with E-state index < -0.39 is 18.1 Å². The number of hydrogen-bond acceptors (Lipinski definition) is 4. The molecule has 38 heavy (non-hydrogen) atoms. The summed E-state index contributed by atoms with van der Waals surface area (Å²) in [5, 5.41) is 1.46. The molecule has 2 saturated heterocycles. The first-order valence-electron chi connectivity index (χ1n) is 12.7. The minimum absolute atomic E-state index is 0.120. The van der Waals surface area contributed by atoms with Crippen molar-refractivity contribution in [3.63, 3.8) is 0 Å². The lowest BCUT2D eigenvalue weighted by Gasteiger charge is -2.26. The van der Waals surface area contributed by atoms with Crippen molar-refractivity contribution in [2.24, 2.45) is 0 Å². The van der Waals surface area contributed by atoms with Gasteiger partial charge in [-0.2, -0.15) is 18.2 Å². The summed E-state index contributed by atoms with van der Waals surface area (Å²) in [4.78, 5) is 33.3. The Morgan fingerprint density at radius 3 is 2.45 bits per heavy atom. The molecule has 3 aromatic rings. The highest BCUT2D eigenvalue weighted by Crippen LogP contribution is 2.27. The number of piperidine rings is 1. The minimum atomic E-state index is -5.16. The summed E-state index contributed by atoms with van der Waals surface area (Å²) in [6.07, 6.45) is 6.53. The normalized spacial score (nSPS) is 18.2. The number of aromatic nitrogens is 1. The molecular formula is C29H28F3N3O3. The van der Waals surface area contributed by atoms with Crippen LogP contribution in [0.2, 0.25) is 0 Å². The highest BCUT2D eigenvalue weighted by molar-refractivity contribution is 6.00. The molecule has 2 aliphatic rings. The average Bonchev–Trinajstić information content (AvgIpc) is 3.46. The monoisotopic (exact) mass is 523 g/mol. The number of likely N-dealkylation sites (tertiary alicyclic amines) is 1. The number of nitrogens with zero attached hydrogens (tertiary/aromatic N) is 2. The number of aromatic amines is 1. The van der Waals surface area contributed by atoms with Crippen LogP contribution in [0.4, 0.5) is 13.2 Å². The number of carbonyl (C=O) groups is 2. The van der Waals surface area contributed by atoms with Crippen molar-refractivity contribution in [3.8, 4) is 0 Å². The lowest BCUT2D eigenvalue weighted by molar-refractivity contribution is -0.233. The number of H-pyrrole nitrogens is 1. The molecule has 3 heterocycles. The molecule has 2 fully saturated rings. The van der Waals surface area contributed by atoms with Crippen molar-refractivity contribution in [1.29, 1.82) is 0 Å². The minimum Gasteiger partial charge on any atom is -0.361 e. The molecule has 0 unspecified atom stereocenters. The van der Waals surface area contributed by atoms with Gasteiger partial charge < -0.3 is 9.82 Å². The molecule has 9 heteroatoms. The zero-order valence-corrected chi connectivity index (χ0v) is 20.8. The van der Waals surface area contributed by atoms with Crippen molar-refractivity contribution >= 4 is 41.0 Å². The summed E-state index contributed by atoms with van der Waals surface area (Å²) >= 11 is 0. The average molecular weight is 524 g/mol. The largest absolute Gasteiger partial charge is 0.493 e.